The molecule has 0 aliphatic carbocycles. The smallest absolute Gasteiger partial charge is 0.319 e. The molecule has 0 saturated carbocycles. The van der Waals surface area contributed by atoms with Crippen LogP contribution >= 0.6 is 11.6 Å². The molecule has 4 saturated heterocycles. The van der Waals surface area contributed by atoms with E-state index in [1.54, 1.807) is 13.2 Å². The van der Waals surface area contributed by atoms with Gasteiger partial charge in [0.05, 0.1) is 17.5 Å². The number of pyridine rings is 1. The van der Waals surface area contributed by atoms with Gasteiger partial charge in [0.25, 0.3) is 0 Å². The van der Waals surface area contributed by atoms with Gasteiger partial charge in [0.15, 0.2) is 5.82 Å². The third kappa shape index (κ3) is 5.27. The number of ether oxygens (including phenoxy) is 2. The summed E-state index contributed by atoms with van der Waals surface area (Å²) in [6, 6.07) is 12.5. The van der Waals surface area contributed by atoms with Gasteiger partial charge in [-0.05, 0) is 63.6 Å². The summed E-state index contributed by atoms with van der Waals surface area (Å²) in [5.74, 6) is 0.144. The van der Waals surface area contributed by atoms with E-state index in [0.29, 0.717) is 47.1 Å². The number of aliphatic hydroxyl groups is 1. The first-order chi connectivity index (χ1) is 22.4. The molecule has 2 aromatic carbocycles. The number of hydrogen-bond donors (Lipinski definition) is 3. The van der Waals surface area contributed by atoms with Crippen molar-refractivity contribution in [3.63, 3.8) is 0 Å². The van der Waals surface area contributed by atoms with Crippen LogP contribution in [-0.2, 0) is 4.74 Å². The number of halogens is 2. The van der Waals surface area contributed by atoms with Gasteiger partial charge in [-0.3, -0.25) is 15.2 Å². The van der Waals surface area contributed by atoms with E-state index in [1.807, 2.05) is 36.4 Å². The van der Waals surface area contributed by atoms with Crippen LogP contribution in [0.25, 0.3) is 32.9 Å². The lowest BCUT2D eigenvalue weighted by Crippen LogP contribution is -2.51. The van der Waals surface area contributed by atoms with Crippen molar-refractivity contribution in [3.8, 4) is 17.3 Å². The first kappa shape index (κ1) is 30.2. The van der Waals surface area contributed by atoms with Gasteiger partial charge in [0.2, 0.25) is 6.41 Å². The Kier molecular flexibility index (Phi) is 7.94. The average Bonchev–Trinajstić information content (AvgIpc) is 3.75. The second kappa shape index (κ2) is 12.1. The van der Waals surface area contributed by atoms with Crippen LogP contribution in [0.2, 0.25) is 5.02 Å². The van der Waals surface area contributed by atoms with Crippen LogP contribution in [0.1, 0.15) is 38.5 Å². The van der Waals surface area contributed by atoms with Crippen LogP contribution in [0.15, 0.2) is 42.6 Å². The molecule has 12 heteroatoms. The number of benzene rings is 2. The number of aromatic nitrogens is 3. The number of piperazine rings is 1. The van der Waals surface area contributed by atoms with Crippen LogP contribution in [-0.4, -0.2) is 94.9 Å². The fraction of sp³-hybridized carbons (Fsp3) is 0.500. The van der Waals surface area contributed by atoms with Gasteiger partial charge < -0.3 is 24.8 Å². The molecule has 0 spiro atoms. The lowest BCUT2D eigenvalue weighted by Gasteiger charge is -2.35. The first-order valence-electron chi connectivity index (χ1n) is 16.3. The Morgan fingerprint density at radius 3 is 2.74 bits per heavy atom. The molecule has 4 aromatic rings. The number of fused-ring (bicyclic) bond motifs is 5. The lowest BCUT2D eigenvalue weighted by molar-refractivity contribution is -0.129. The van der Waals surface area contributed by atoms with E-state index in [9.17, 15) is 5.11 Å². The Bertz CT molecular complexity index is 1760. The highest BCUT2D eigenvalue weighted by Crippen LogP contribution is 2.43. The Morgan fingerprint density at radius 2 is 1.93 bits per heavy atom. The molecule has 0 radical (unpaired) electrons. The van der Waals surface area contributed by atoms with Crippen LogP contribution in [0.4, 0.5) is 10.2 Å². The molecular weight excluding hydrogens is 609 g/mol. The van der Waals surface area contributed by atoms with E-state index in [1.165, 1.54) is 0 Å². The predicted molar refractivity (Wildman–Crippen MR) is 176 cm³/mol. The fourth-order valence-corrected chi connectivity index (χ4v) is 8.53. The van der Waals surface area contributed by atoms with Crippen molar-refractivity contribution < 1.29 is 19.0 Å². The van der Waals surface area contributed by atoms with Gasteiger partial charge >= 0.3 is 6.01 Å². The molecule has 10 nitrogen and oxygen atoms in total. The maximum absolute atomic E-state index is 16.8. The van der Waals surface area contributed by atoms with E-state index in [-0.39, 0.29) is 28.8 Å². The van der Waals surface area contributed by atoms with E-state index < -0.39 is 12.2 Å². The fourth-order valence-electron chi connectivity index (χ4n) is 8.25. The van der Waals surface area contributed by atoms with Gasteiger partial charge in [-0.15, -0.1) is 0 Å². The molecule has 2 aromatic heterocycles. The molecule has 4 aliphatic rings. The monoisotopic (exact) mass is 647 g/mol. The lowest BCUT2D eigenvalue weighted by atomic mass is 9.95. The largest absolute Gasteiger partial charge is 0.461 e. The van der Waals surface area contributed by atoms with Crippen molar-refractivity contribution in [1.29, 1.82) is 0 Å². The minimum absolute atomic E-state index is 0.173. The maximum Gasteiger partial charge on any atom is 0.319 e. The zero-order chi connectivity index (χ0) is 31.4. The molecule has 4 aliphatic heterocycles. The average molecular weight is 648 g/mol. The van der Waals surface area contributed by atoms with E-state index in [4.69, 9.17) is 31.0 Å². The summed E-state index contributed by atoms with van der Waals surface area (Å²) in [6.45, 7) is 3.33. The molecule has 0 amide bonds. The number of aliphatic hydroxyl groups excluding tert-OH is 1. The SMILES string of the molecule is CNC(O)OC[C@H]1CC[C@@]2(COc3nc(N4CC5CCC(C4)N5)c4cnc(-c5cccc6cccc(Cl)c56)c(F)c4n3)CCCN12. The normalized spacial score (nSPS) is 26.7. The molecule has 8 rings (SSSR count). The Hall–Kier alpha value is -3.19. The minimum Gasteiger partial charge on any atom is -0.461 e. The molecule has 2 bridgehead atoms. The highest BCUT2D eigenvalue weighted by atomic mass is 35.5. The Labute approximate surface area is 272 Å². The van der Waals surface area contributed by atoms with Crippen molar-refractivity contribution in [3.05, 3.63) is 53.4 Å². The quantitative estimate of drug-likeness (QED) is 0.225. The number of anilines is 1. The summed E-state index contributed by atoms with van der Waals surface area (Å²) >= 11 is 6.63. The van der Waals surface area contributed by atoms with Gasteiger partial charge in [0.1, 0.15) is 23.6 Å². The van der Waals surface area contributed by atoms with Gasteiger partial charge in [-0.2, -0.15) is 9.97 Å². The number of rotatable bonds is 9. The molecule has 5 atom stereocenters. The highest BCUT2D eigenvalue weighted by molar-refractivity contribution is 6.36. The molecule has 3 N–H and O–H groups in total. The van der Waals surface area contributed by atoms with Crippen LogP contribution in [0, 0.1) is 5.82 Å². The third-order valence-corrected chi connectivity index (χ3v) is 10.8. The van der Waals surface area contributed by atoms with Crippen molar-refractivity contribution in [2.45, 2.75) is 68.6 Å². The van der Waals surface area contributed by atoms with E-state index >= 15 is 4.39 Å². The minimum atomic E-state index is -0.988. The van der Waals surface area contributed by atoms with Crippen molar-refractivity contribution in [2.75, 3.05) is 44.8 Å². The highest BCUT2D eigenvalue weighted by Gasteiger charge is 2.50. The predicted octanol–water partition coefficient (Wildman–Crippen LogP) is 4.47. The Morgan fingerprint density at radius 1 is 1.13 bits per heavy atom. The van der Waals surface area contributed by atoms with Crippen LogP contribution in [0.5, 0.6) is 6.01 Å². The van der Waals surface area contributed by atoms with E-state index in [0.717, 1.165) is 68.9 Å². The number of nitrogens with zero attached hydrogens (tertiary/aromatic N) is 5. The van der Waals surface area contributed by atoms with Gasteiger partial charge in [-0.25, -0.2) is 4.39 Å². The molecular formula is C34H39ClFN7O3. The van der Waals surface area contributed by atoms with E-state index in [2.05, 4.69) is 25.4 Å². The molecule has 3 unspecified atom stereocenters. The van der Waals surface area contributed by atoms with Crippen LogP contribution in [0.3, 0.4) is 0 Å². The summed E-state index contributed by atoms with van der Waals surface area (Å²) < 4.78 is 28.8. The van der Waals surface area contributed by atoms with Crippen LogP contribution < -0.4 is 20.3 Å². The summed E-state index contributed by atoms with van der Waals surface area (Å²) in [5, 5.41) is 19.0. The van der Waals surface area contributed by atoms with Crippen molar-refractivity contribution >= 4 is 39.1 Å². The second-order valence-electron chi connectivity index (χ2n) is 13.2. The topological polar surface area (TPSA) is 108 Å². The summed E-state index contributed by atoms with van der Waals surface area (Å²) in [4.78, 5) is 19.0. The summed E-state index contributed by atoms with van der Waals surface area (Å²) in [7, 11) is 1.66. The first-order valence-corrected chi connectivity index (χ1v) is 16.7. The third-order valence-electron chi connectivity index (χ3n) is 10.5. The van der Waals surface area contributed by atoms with Gasteiger partial charge in [-0.1, -0.05) is 41.9 Å². The van der Waals surface area contributed by atoms with Gasteiger partial charge in [0, 0.05) is 53.4 Å². The second-order valence-corrected chi connectivity index (χ2v) is 13.6. The molecule has 46 heavy (non-hydrogen) atoms. The number of hydrogen-bond acceptors (Lipinski definition) is 10. The molecule has 6 heterocycles. The molecule has 242 valence electrons. The van der Waals surface area contributed by atoms with Crippen molar-refractivity contribution in [2.24, 2.45) is 0 Å². The maximum atomic E-state index is 16.8. The molecule has 4 fully saturated rings. The standard InChI is InChI=1S/C34H39ClFN7O3/c1-37-33(44)45-18-23-11-13-34(12-4-14-43(23)34)19-46-32-40-30-25(31(41-32)42-16-21-9-10-22(17-42)39-21)15-38-29(28(30)36)24-7-2-5-20-6-3-8-26(35)27(20)24/h2-3,5-8,15,21-23,33,37,39,44H,4,9-14,16-19H2,1H3/t21?,22?,23-,33?,34-/m1/s1. The zero-order valence-electron chi connectivity index (χ0n) is 25.9. The zero-order valence-corrected chi connectivity index (χ0v) is 26.6. The summed E-state index contributed by atoms with van der Waals surface area (Å²) in [6.07, 6.45) is 6.88. The van der Waals surface area contributed by atoms with Crippen molar-refractivity contribution in [1.82, 2.24) is 30.5 Å². The Balaban J connectivity index is 1.16. The number of nitrogens with one attached hydrogen (secondary N) is 2. The summed E-state index contributed by atoms with van der Waals surface area (Å²) in [5.41, 5.74) is 0.838.